The number of amides is 1. The number of hydrogen-bond donors (Lipinski definition) is 3. The van der Waals surface area contributed by atoms with Gasteiger partial charge < -0.3 is 9.80 Å². The van der Waals surface area contributed by atoms with Crippen molar-refractivity contribution in [2.75, 3.05) is 38.0 Å². The Labute approximate surface area is 169 Å². The molecule has 5 nitrogen and oxygen atoms in total. The van der Waals surface area contributed by atoms with Crippen LogP contribution in [0.25, 0.3) is 0 Å². The predicted molar refractivity (Wildman–Crippen MR) is 112 cm³/mol. The van der Waals surface area contributed by atoms with E-state index in [1.165, 1.54) is 27.4 Å². The minimum atomic E-state index is 0.0519. The molecule has 4 rings (SSSR count). The molecule has 144 valence electrons. The van der Waals surface area contributed by atoms with Crippen molar-refractivity contribution in [3.63, 3.8) is 0 Å². The fourth-order valence-electron chi connectivity index (χ4n) is 4.02. The van der Waals surface area contributed by atoms with Gasteiger partial charge in [0.15, 0.2) is 11.7 Å². The summed E-state index contributed by atoms with van der Waals surface area (Å²) in [5.74, 6) is 0.0519. The van der Waals surface area contributed by atoms with Crippen LogP contribution in [0.15, 0.2) is 72.2 Å². The van der Waals surface area contributed by atoms with E-state index in [0.717, 1.165) is 26.2 Å². The van der Waals surface area contributed by atoms with Gasteiger partial charge in [-0.1, -0.05) is 60.7 Å². The first-order valence-corrected chi connectivity index (χ1v) is 10.6. The summed E-state index contributed by atoms with van der Waals surface area (Å²) in [5, 5.41) is 5.45. The number of carbonyl (C=O) groups is 1. The minimum Gasteiger partial charge on any atom is -0.318 e. The second-order valence-corrected chi connectivity index (χ2v) is 8.12. The first kappa shape index (κ1) is 18.8. The fourth-order valence-corrected chi connectivity index (χ4v) is 4.57. The average molecular weight is 395 g/mol. The Morgan fingerprint density at radius 1 is 0.964 bits per heavy atom. The van der Waals surface area contributed by atoms with Crippen LogP contribution in [-0.4, -0.2) is 43.6 Å². The fraction of sp³-hybridized carbons (Fsp3) is 0.273. The molecule has 1 aromatic heterocycles. The largest absolute Gasteiger partial charge is 0.318 e. The van der Waals surface area contributed by atoms with Crippen LogP contribution in [0.1, 0.15) is 17.2 Å². The Bertz CT molecular complexity index is 823. The van der Waals surface area contributed by atoms with Crippen molar-refractivity contribution in [2.24, 2.45) is 0 Å². The summed E-state index contributed by atoms with van der Waals surface area (Å²) in [6, 6.07) is 21.9. The number of nitrogens with one attached hydrogen (secondary N) is 3. The highest BCUT2D eigenvalue weighted by Gasteiger charge is 2.32. The molecule has 1 saturated heterocycles. The minimum absolute atomic E-state index is 0.0519. The number of thiazole rings is 1. The van der Waals surface area contributed by atoms with Crippen LogP contribution in [0, 0.1) is 0 Å². The molecule has 2 aromatic carbocycles. The number of aromatic nitrogens is 1. The highest BCUT2D eigenvalue weighted by molar-refractivity contribution is 7.13. The molecule has 28 heavy (non-hydrogen) atoms. The van der Waals surface area contributed by atoms with Gasteiger partial charge >= 0.3 is 0 Å². The Kier molecular flexibility index (Phi) is 6.11. The molecular formula is C22H26N4OS+2. The van der Waals surface area contributed by atoms with Gasteiger partial charge in [0.05, 0.1) is 0 Å². The maximum atomic E-state index is 12.3. The summed E-state index contributed by atoms with van der Waals surface area (Å²) < 4.78 is 0. The lowest BCUT2D eigenvalue weighted by Crippen LogP contribution is -3.28. The smallest absolute Gasteiger partial charge is 0.281 e. The molecule has 0 atom stereocenters. The summed E-state index contributed by atoms with van der Waals surface area (Å²) >= 11 is 1.46. The summed E-state index contributed by atoms with van der Waals surface area (Å²) in [6.45, 7) is 4.60. The molecule has 0 aliphatic carbocycles. The monoisotopic (exact) mass is 394 g/mol. The third kappa shape index (κ3) is 4.65. The lowest BCUT2D eigenvalue weighted by atomic mass is 9.96. The van der Waals surface area contributed by atoms with Gasteiger partial charge in [-0.3, -0.25) is 10.1 Å². The Hall–Kier alpha value is -2.54. The summed E-state index contributed by atoms with van der Waals surface area (Å²) in [6.07, 6.45) is 1.71. The van der Waals surface area contributed by atoms with Gasteiger partial charge in [0, 0.05) is 22.7 Å². The van der Waals surface area contributed by atoms with Crippen molar-refractivity contribution in [3.05, 3.63) is 83.4 Å². The first-order valence-electron chi connectivity index (χ1n) is 9.77. The zero-order valence-corrected chi connectivity index (χ0v) is 16.6. The molecule has 0 saturated carbocycles. The van der Waals surface area contributed by atoms with Crippen molar-refractivity contribution in [1.29, 1.82) is 0 Å². The van der Waals surface area contributed by atoms with Gasteiger partial charge in [0.25, 0.3) is 5.91 Å². The van der Waals surface area contributed by atoms with Crippen molar-refractivity contribution >= 4 is 22.4 Å². The van der Waals surface area contributed by atoms with Gasteiger partial charge in [-0.15, -0.1) is 11.3 Å². The van der Waals surface area contributed by atoms with Gasteiger partial charge in [0.2, 0.25) is 0 Å². The second-order valence-electron chi connectivity index (χ2n) is 7.22. The van der Waals surface area contributed by atoms with E-state index < -0.39 is 0 Å². The SMILES string of the molecule is O=C(C[NH+]1CC[NH+](C(c2ccccc2)c2ccccc2)CC1)Nc1nccs1. The molecular weight excluding hydrogens is 368 g/mol. The molecule has 0 radical (unpaired) electrons. The highest BCUT2D eigenvalue weighted by atomic mass is 32.1. The van der Waals surface area contributed by atoms with Crippen molar-refractivity contribution in [2.45, 2.75) is 6.04 Å². The number of piperazine rings is 1. The standard InChI is InChI=1S/C22H24N4OS/c27-20(24-22-23-11-16-28-22)17-25-12-14-26(15-13-25)21(18-7-3-1-4-8-18)19-9-5-2-6-10-19/h1-11,16,21H,12-15,17H2,(H,23,24,27)/p+2. The summed E-state index contributed by atoms with van der Waals surface area (Å²) in [4.78, 5) is 19.3. The maximum Gasteiger partial charge on any atom is 0.281 e. The van der Waals surface area contributed by atoms with E-state index in [0.29, 0.717) is 17.7 Å². The Balaban J connectivity index is 1.40. The number of quaternary nitrogens is 2. The highest BCUT2D eigenvalue weighted by Crippen LogP contribution is 2.18. The summed E-state index contributed by atoms with van der Waals surface area (Å²) in [5.41, 5.74) is 2.71. The van der Waals surface area contributed by atoms with Crippen LogP contribution in [-0.2, 0) is 4.79 Å². The van der Waals surface area contributed by atoms with E-state index in [2.05, 4.69) is 71.0 Å². The van der Waals surface area contributed by atoms with E-state index in [-0.39, 0.29) is 5.91 Å². The van der Waals surface area contributed by atoms with E-state index in [4.69, 9.17) is 0 Å². The molecule has 0 spiro atoms. The molecule has 1 aliphatic rings. The predicted octanol–water partition coefficient (Wildman–Crippen LogP) is 0.655. The first-order chi connectivity index (χ1) is 13.8. The number of anilines is 1. The number of hydrogen-bond acceptors (Lipinski definition) is 3. The van der Waals surface area contributed by atoms with Crippen LogP contribution >= 0.6 is 11.3 Å². The Morgan fingerprint density at radius 3 is 2.11 bits per heavy atom. The third-order valence-electron chi connectivity index (χ3n) is 5.36. The second kappa shape index (κ2) is 9.10. The molecule has 6 heteroatoms. The van der Waals surface area contributed by atoms with Crippen LogP contribution in [0.3, 0.4) is 0 Å². The number of rotatable bonds is 6. The number of carbonyl (C=O) groups excluding carboxylic acids is 1. The van der Waals surface area contributed by atoms with Gasteiger partial charge in [-0.05, 0) is 0 Å². The molecule has 3 aromatic rings. The van der Waals surface area contributed by atoms with E-state index in [1.807, 2.05) is 5.38 Å². The molecule has 3 N–H and O–H groups in total. The maximum absolute atomic E-state index is 12.3. The van der Waals surface area contributed by atoms with Crippen LogP contribution in [0.4, 0.5) is 5.13 Å². The normalized spacial score (nSPS) is 19.5. The third-order valence-corrected chi connectivity index (χ3v) is 6.05. The topological polar surface area (TPSA) is 50.9 Å². The van der Waals surface area contributed by atoms with Crippen molar-refractivity contribution < 1.29 is 14.6 Å². The van der Waals surface area contributed by atoms with E-state index >= 15 is 0 Å². The number of benzene rings is 2. The van der Waals surface area contributed by atoms with Crippen LogP contribution in [0.2, 0.25) is 0 Å². The Morgan fingerprint density at radius 2 is 1.57 bits per heavy atom. The molecule has 0 bridgehead atoms. The number of nitrogens with zero attached hydrogens (tertiary/aromatic N) is 1. The van der Waals surface area contributed by atoms with Gasteiger partial charge in [-0.2, -0.15) is 0 Å². The van der Waals surface area contributed by atoms with Crippen LogP contribution in [0.5, 0.6) is 0 Å². The van der Waals surface area contributed by atoms with Gasteiger partial charge in [-0.25, -0.2) is 4.98 Å². The molecule has 1 aliphatic heterocycles. The van der Waals surface area contributed by atoms with E-state index in [9.17, 15) is 4.79 Å². The lowest BCUT2D eigenvalue weighted by Gasteiger charge is -2.34. The van der Waals surface area contributed by atoms with Crippen molar-refractivity contribution in [3.8, 4) is 0 Å². The zero-order valence-electron chi connectivity index (χ0n) is 15.8. The quantitative estimate of drug-likeness (QED) is 0.575. The van der Waals surface area contributed by atoms with Gasteiger partial charge in [0.1, 0.15) is 32.2 Å². The zero-order chi connectivity index (χ0) is 19.2. The molecule has 1 amide bonds. The van der Waals surface area contributed by atoms with E-state index in [1.54, 1.807) is 11.1 Å². The molecule has 0 unspecified atom stereocenters. The molecule has 2 heterocycles. The average Bonchev–Trinajstić information content (AvgIpc) is 3.24. The molecule has 1 fully saturated rings. The summed E-state index contributed by atoms with van der Waals surface area (Å²) in [7, 11) is 0. The van der Waals surface area contributed by atoms with Crippen molar-refractivity contribution in [1.82, 2.24) is 4.98 Å². The van der Waals surface area contributed by atoms with Crippen LogP contribution < -0.4 is 15.1 Å². The lowest BCUT2D eigenvalue weighted by molar-refractivity contribution is -1.02.